The van der Waals surface area contributed by atoms with Gasteiger partial charge >= 0.3 is 5.97 Å². The quantitative estimate of drug-likeness (QED) is 0.324. The third-order valence-electron chi connectivity index (χ3n) is 4.29. The van der Waals surface area contributed by atoms with Crippen LogP contribution in [0, 0.1) is 0 Å². The van der Waals surface area contributed by atoms with Gasteiger partial charge < -0.3 is 15.4 Å². The fraction of sp³-hybridized carbons (Fsp3) is 0.364. The molecule has 1 atom stereocenters. The van der Waals surface area contributed by atoms with Crippen LogP contribution in [0.15, 0.2) is 41.8 Å². The van der Waals surface area contributed by atoms with E-state index in [-0.39, 0.29) is 30.6 Å². The van der Waals surface area contributed by atoms with Crippen molar-refractivity contribution in [3.05, 3.63) is 57.8 Å². The molecule has 30 heavy (non-hydrogen) atoms. The normalized spacial score (nSPS) is 11.4. The molecule has 0 fully saturated rings. The molecule has 0 aliphatic rings. The highest BCUT2D eigenvalue weighted by molar-refractivity contribution is 7.10. The monoisotopic (exact) mass is 430 g/mol. The summed E-state index contributed by atoms with van der Waals surface area (Å²) in [5.41, 5.74) is 1.52. The number of esters is 1. The maximum absolute atomic E-state index is 12.3. The number of ether oxygens (including phenoxy) is 1. The fourth-order valence-corrected chi connectivity index (χ4v) is 3.60. The largest absolute Gasteiger partial charge is 0.457 e. The Morgan fingerprint density at radius 2 is 1.77 bits per heavy atom. The van der Waals surface area contributed by atoms with Gasteiger partial charge in [-0.1, -0.05) is 30.3 Å². The Morgan fingerprint density at radius 1 is 1.03 bits per heavy atom. The predicted molar refractivity (Wildman–Crippen MR) is 114 cm³/mol. The molecule has 0 saturated carbocycles. The molecular formula is C22H26N2O5S. The molecule has 2 amide bonds. The first-order chi connectivity index (χ1) is 14.3. The number of Topliss-reactive ketones (excluding diaryl/α,β-unsaturated/α-hetero) is 1. The van der Waals surface area contributed by atoms with Crippen molar-refractivity contribution in [2.75, 3.05) is 13.2 Å². The summed E-state index contributed by atoms with van der Waals surface area (Å²) in [7, 11) is 0. The number of carbonyl (C=O) groups is 4. The van der Waals surface area contributed by atoms with Gasteiger partial charge in [-0.3, -0.25) is 19.2 Å². The topological polar surface area (TPSA) is 102 Å². The van der Waals surface area contributed by atoms with Crippen molar-refractivity contribution in [1.29, 1.82) is 0 Å². The van der Waals surface area contributed by atoms with Crippen molar-refractivity contribution in [3.63, 3.8) is 0 Å². The van der Waals surface area contributed by atoms with Gasteiger partial charge in [0.05, 0.1) is 12.5 Å². The van der Waals surface area contributed by atoms with Crippen LogP contribution in [-0.4, -0.2) is 36.7 Å². The third-order valence-corrected chi connectivity index (χ3v) is 5.28. The van der Waals surface area contributed by atoms with Crippen LogP contribution in [0.4, 0.5) is 0 Å². The number of benzene rings is 1. The summed E-state index contributed by atoms with van der Waals surface area (Å²) >= 11 is 1.44. The van der Waals surface area contributed by atoms with Crippen LogP contribution in [0.3, 0.4) is 0 Å². The summed E-state index contributed by atoms with van der Waals surface area (Å²) in [6, 6.07) is 10.3. The van der Waals surface area contributed by atoms with E-state index in [1.807, 2.05) is 29.6 Å². The van der Waals surface area contributed by atoms with Gasteiger partial charge in [0.25, 0.3) is 0 Å². The van der Waals surface area contributed by atoms with E-state index in [1.165, 1.54) is 25.2 Å². The zero-order valence-corrected chi connectivity index (χ0v) is 17.9. The lowest BCUT2D eigenvalue weighted by Gasteiger charge is -2.15. The molecular weight excluding hydrogens is 404 g/mol. The second-order valence-corrected chi connectivity index (χ2v) is 7.82. The molecule has 0 spiro atoms. The summed E-state index contributed by atoms with van der Waals surface area (Å²) in [5, 5.41) is 7.33. The molecule has 0 aliphatic carbocycles. The summed E-state index contributed by atoms with van der Waals surface area (Å²) in [4.78, 5) is 47.5. The SMILES string of the molecule is CC(=O)NCCCc1ccc(C(=O)COC(=O)CC(NC(C)=O)c2cccs2)cc1. The summed E-state index contributed by atoms with van der Waals surface area (Å²) in [6.07, 6.45) is 1.56. The molecule has 1 heterocycles. The highest BCUT2D eigenvalue weighted by atomic mass is 32.1. The minimum absolute atomic E-state index is 0.0411. The smallest absolute Gasteiger partial charge is 0.308 e. The minimum atomic E-state index is -0.551. The zero-order valence-electron chi connectivity index (χ0n) is 17.1. The number of aryl methyl sites for hydroxylation is 1. The average Bonchev–Trinajstić information content (AvgIpc) is 3.24. The van der Waals surface area contributed by atoms with Crippen LogP contribution < -0.4 is 10.6 Å². The molecule has 2 N–H and O–H groups in total. The van der Waals surface area contributed by atoms with Gasteiger partial charge in [0.2, 0.25) is 11.8 Å². The average molecular weight is 431 g/mol. The standard InChI is InChI=1S/C22H26N2O5S/c1-15(25)23-11-3-5-17-7-9-18(10-8-17)20(27)14-29-22(28)13-19(24-16(2)26)21-6-4-12-30-21/h4,6-10,12,19H,3,5,11,13-14H2,1-2H3,(H,23,25)(H,24,26). The van der Waals surface area contributed by atoms with Crippen molar-refractivity contribution in [2.24, 2.45) is 0 Å². The van der Waals surface area contributed by atoms with E-state index in [0.717, 1.165) is 23.3 Å². The summed E-state index contributed by atoms with van der Waals surface area (Å²) < 4.78 is 5.13. The van der Waals surface area contributed by atoms with E-state index in [4.69, 9.17) is 4.74 Å². The second kappa shape index (κ2) is 11.9. The Kier molecular flexibility index (Phi) is 9.21. The van der Waals surface area contributed by atoms with Gasteiger partial charge in [-0.05, 0) is 29.9 Å². The van der Waals surface area contributed by atoms with Crippen LogP contribution >= 0.6 is 11.3 Å². The van der Waals surface area contributed by atoms with E-state index in [0.29, 0.717) is 12.1 Å². The van der Waals surface area contributed by atoms with Crippen molar-refractivity contribution in [1.82, 2.24) is 10.6 Å². The lowest BCUT2D eigenvalue weighted by atomic mass is 10.1. The van der Waals surface area contributed by atoms with Gasteiger partial charge in [0.1, 0.15) is 0 Å². The fourth-order valence-electron chi connectivity index (χ4n) is 2.83. The number of amides is 2. The Balaban J connectivity index is 1.80. The highest BCUT2D eigenvalue weighted by Crippen LogP contribution is 2.22. The molecule has 0 radical (unpaired) electrons. The number of rotatable bonds is 11. The molecule has 0 aliphatic heterocycles. The van der Waals surface area contributed by atoms with Gasteiger partial charge in [-0.2, -0.15) is 0 Å². The van der Waals surface area contributed by atoms with E-state index < -0.39 is 12.0 Å². The molecule has 160 valence electrons. The van der Waals surface area contributed by atoms with Crippen molar-refractivity contribution in [3.8, 4) is 0 Å². The Labute approximate surface area is 179 Å². The lowest BCUT2D eigenvalue weighted by Crippen LogP contribution is -2.28. The van der Waals surface area contributed by atoms with Crippen molar-refractivity contribution >= 4 is 34.9 Å². The first-order valence-corrected chi connectivity index (χ1v) is 10.6. The van der Waals surface area contributed by atoms with E-state index in [1.54, 1.807) is 12.1 Å². The lowest BCUT2D eigenvalue weighted by molar-refractivity contribution is -0.143. The Hall–Kier alpha value is -3.00. The molecule has 1 unspecified atom stereocenters. The number of thiophene rings is 1. The van der Waals surface area contributed by atoms with E-state index in [2.05, 4.69) is 10.6 Å². The predicted octanol–water partition coefficient (Wildman–Crippen LogP) is 2.81. The van der Waals surface area contributed by atoms with Gasteiger partial charge in [-0.25, -0.2) is 0 Å². The number of hydrogen-bond acceptors (Lipinski definition) is 6. The second-order valence-electron chi connectivity index (χ2n) is 6.84. The number of nitrogens with one attached hydrogen (secondary N) is 2. The summed E-state index contributed by atoms with van der Waals surface area (Å²) in [5.74, 6) is -1.14. The zero-order chi connectivity index (χ0) is 21.9. The van der Waals surface area contributed by atoms with Gasteiger partial charge in [0.15, 0.2) is 12.4 Å². The number of hydrogen-bond donors (Lipinski definition) is 2. The third kappa shape index (κ3) is 8.16. The highest BCUT2D eigenvalue weighted by Gasteiger charge is 2.20. The first-order valence-electron chi connectivity index (χ1n) is 9.68. The van der Waals surface area contributed by atoms with Crippen LogP contribution in [0.1, 0.15) is 53.5 Å². The van der Waals surface area contributed by atoms with Crippen molar-refractivity contribution in [2.45, 2.75) is 39.2 Å². The molecule has 0 bridgehead atoms. The van der Waals surface area contributed by atoms with Crippen LogP contribution in [0.5, 0.6) is 0 Å². The van der Waals surface area contributed by atoms with Crippen molar-refractivity contribution < 1.29 is 23.9 Å². The molecule has 0 saturated heterocycles. The Bertz CT molecular complexity index is 862. The number of carbonyl (C=O) groups excluding carboxylic acids is 4. The number of ketones is 1. The van der Waals surface area contributed by atoms with Gasteiger partial charge in [0, 0.05) is 30.8 Å². The van der Waals surface area contributed by atoms with E-state index >= 15 is 0 Å². The Morgan fingerprint density at radius 3 is 2.37 bits per heavy atom. The van der Waals surface area contributed by atoms with Crippen LogP contribution in [0.25, 0.3) is 0 Å². The maximum Gasteiger partial charge on any atom is 0.308 e. The minimum Gasteiger partial charge on any atom is -0.457 e. The molecule has 8 heteroatoms. The van der Waals surface area contributed by atoms with E-state index in [9.17, 15) is 19.2 Å². The van der Waals surface area contributed by atoms with Crippen LogP contribution in [0.2, 0.25) is 0 Å². The molecule has 2 aromatic rings. The van der Waals surface area contributed by atoms with Crippen LogP contribution in [-0.2, 0) is 25.5 Å². The molecule has 1 aromatic heterocycles. The summed E-state index contributed by atoms with van der Waals surface area (Å²) in [6.45, 7) is 3.13. The molecule has 1 aromatic carbocycles. The molecule has 2 rings (SSSR count). The maximum atomic E-state index is 12.3. The van der Waals surface area contributed by atoms with Gasteiger partial charge in [-0.15, -0.1) is 11.3 Å². The first kappa shape index (κ1) is 23.3. The molecule has 7 nitrogen and oxygen atoms in total.